The van der Waals surface area contributed by atoms with Crippen LogP contribution < -0.4 is 16.4 Å². The van der Waals surface area contributed by atoms with E-state index in [4.69, 9.17) is 11.1 Å². The van der Waals surface area contributed by atoms with Crippen LogP contribution in [-0.2, 0) is 0 Å². The second-order valence-corrected chi connectivity index (χ2v) is 4.26. The number of guanidine groups is 1. The van der Waals surface area contributed by atoms with Crippen LogP contribution in [0.15, 0.2) is 4.99 Å². The Bertz CT molecular complexity index is 307. The number of aliphatic hydroxyl groups is 1. The van der Waals surface area contributed by atoms with E-state index in [-0.39, 0.29) is 6.04 Å². The van der Waals surface area contributed by atoms with Crippen LogP contribution in [0.5, 0.6) is 0 Å². The fourth-order valence-electron chi connectivity index (χ4n) is 2.59. The smallest absolute Gasteiger partial charge is 0.190 e. The molecular weight excluding hydrogens is 208 g/mol. The van der Waals surface area contributed by atoms with E-state index in [0.717, 1.165) is 12.9 Å². The highest BCUT2D eigenvalue weighted by Crippen LogP contribution is 2.33. The van der Waals surface area contributed by atoms with Gasteiger partial charge in [0, 0.05) is 13.1 Å². The predicted octanol–water partition coefficient (Wildman–Crippen LogP) is -2.14. The first-order valence-electron chi connectivity index (χ1n) is 5.34. The second-order valence-electron chi connectivity index (χ2n) is 4.26. The molecule has 2 heterocycles. The molecule has 2 aliphatic rings. The number of nitrogens with zero attached hydrogens (tertiary/aromatic N) is 2. The van der Waals surface area contributed by atoms with Crippen molar-refractivity contribution in [2.75, 3.05) is 20.1 Å². The third kappa shape index (κ3) is 1.43. The van der Waals surface area contributed by atoms with E-state index in [9.17, 15) is 5.11 Å². The van der Waals surface area contributed by atoms with Gasteiger partial charge in [-0.2, -0.15) is 0 Å². The van der Waals surface area contributed by atoms with Gasteiger partial charge >= 0.3 is 0 Å². The highest BCUT2D eigenvalue weighted by molar-refractivity contribution is 5.81. The van der Waals surface area contributed by atoms with Crippen molar-refractivity contribution in [3.63, 3.8) is 0 Å². The van der Waals surface area contributed by atoms with E-state index in [2.05, 4.69) is 15.6 Å². The predicted molar refractivity (Wildman–Crippen MR) is 61.3 cm³/mol. The largest absolute Gasteiger partial charge is 0.389 e. The summed E-state index contributed by atoms with van der Waals surface area (Å²) in [4.78, 5) is 6.32. The summed E-state index contributed by atoms with van der Waals surface area (Å²) < 4.78 is 0. The molecule has 1 saturated heterocycles. The summed E-state index contributed by atoms with van der Waals surface area (Å²) in [6.45, 7) is 1.29. The molecule has 90 valence electrons. The van der Waals surface area contributed by atoms with Gasteiger partial charge in [-0.3, -0.25) is 10.3 Å². The summed E-state index contributed by atoms with van der Waals surface area (Å²) >= 11 is 0. The number of nitrogens with one attached hydrogen (secondary N) is 3. The Hall–Kier alpha value is -1.34. The summed E-state index contributed by atoms with van der Waals surface area (Å²) in [5, 5.41) is 23.0. The maximum absolute atomic E-state index is 10.1. The Kier molecular flexibility index (Phi) is 2.73. The van der Waals surface area contributed by atoms with E-state index >= 15 is 0 Å². The summed E-state index contributed by atoms with van der Waals surface area (Å²) in [5.41, 5.74) is 5.08. The van der Waals surface area contributed by atoms with Crippen molar-refractivity contribution in [1.82, 2.24) is 15.5 Å². The molecule has 0 aromatic carbocycles. The van der Waals surface area contributed by atoms with Crippen LogP contribution in [0.25, 0.3) is 0 Å². The van der Waals surface area contributed by atoms with Gasteiger partial charge < -0.3 is 21.5 Å². The molecule has 7 nitrogen and oxygen atoms in total. The van der Waals surface area contributed by atoms with Crippen molar-refractivity contribution in [3.8, 4) is 0 Å². The average Bonchev–Trinajstić information content (AvgIpc) is 2.72. The topological polar surface area (TPSA) is 110 Å². The van der Waals surface area contributed by atoms with Crippen LogP contribution in [-0.4, -0.2) is 60.3 Å². The molecular formula is C9H18N6O. The molecule has 16 heavy (non-hydrogen) atoms. The Morgan fingerprint density at radius 1 is 1.88 bits per heavy atom. The minimum atomic E-state index is -0.611. The van der Waals surface area contributed by atoms with E-state index in [0.29, 0.717) is 18.9 Å². The number of hydrogen-bond acceptors (Lipinski definition) is 6. The van der Waals surface area contributed by atoms with Crippen LogP contribution >= 0.6 is 0 Å². The molecule has 1 fully saturated rings. The number of aliphatic imine (C=N–C) groups is 1. The average molecular weight is 226 g/mol. The minimum absolute atomic E-state index is 0.184. The fraction of sp³-hybridized carbons (Fsp3) is 0.778. The molecule has 0 radical (unpaired) electrons. The molecule has 0 aromatic rings. The standard InChI is InChI=1S/C9H18N6O/c1-15-3-2-7(16)9(15)6(4-12-5-10)13-8(11)14-9/h5-7,16H,2-4H2,1H3,(H2,10,12)(H3,11,13,14)/t6?,7-,9+/m1/s1. The van der Waals surface area contributed by atoms with Crippen molar-refractivity contribution in [1.29, 1.82) is 5.41 Å². The summed E-state index contributed by atoms with van der Waals surface area (Å²) in [6.07, 6.45) is 1.33. The lowest BCUT2D eigenvalue weighted by Gasteiger charge is -2.39. The number of hydrogen-bond donors (Lipinski definition) is 5. The third-order valence-electron chi connectivity index (χ3n) is 3.42. The SMILES string of the molecule is CN1CC[C@@H](O)[C@@]12NC(N)=NC2CNC=N. The quantitative estimate of drug-likeness (QED) is 0.279. The van der Waals surface area contributed by atoms with Gasteiger partial charge in [0.1, 0.15) is 11.7 Å². The Morgan fingerprint density at radius 2 is 2.62 bits per heavy atom. The van der Waals surface area contributed by atoms with Crippen LogP contribution in [0.1, 0.15) is 6.42 Å². The number of aliphatic hydroxyl groups excluding tert-OH is 1. The summed E-state index contributed by atoms with van der Waals surface area (Å²) in [6, 6.07) is -0.184. The van der Waals surface area contributed by atoms with Gasteiger partial charge in [0.2, 0.25) is 0 Å². The molecule has 3 atom stereocenters. The van der Waals surface area contributed by atoms with Crippen LogP contribution in [0.4, 0.5) is 0 Å². The second kappa shape index (κ2) is 3.91. The lowest BCUT2D eigenvalue weighted by molar-refractivity contribution is 0.0183. The zero-order valence-electron chi connectivity index (χ0n) is 9.27. The van der Waals surface area contributed by atoms with Gasteiger partial charge in [0.05, 0.1) is 12.4 Å². The normalized spacial score (nSPS) is 38.5. The first-order valence-corrected chi connectivity index (χ1v) is 5.34. The van der Waals surface area contributed by atoms with Gasteiger partial charge in [0.15, 0.2) is 5.96 Å². The lowest BCUT2D eigenvalue weighted by atomic mass is 9.96. The van der Waals surface area contributed by atoms with Gasteiger partial charge in [-0.1, -0.05) is 0 Å². The monoisotopic (exact) mass is 226 g/mol. The molecule has 0 aromatic heterocycles. The molecule has 0 bridgehead atoms. The summed E-state index contributed by atoms with van der Waals surface area (Å²) in [5.74, 6) is 0.351. The number of likely N-dealkylation sites (tertiary alicyclic amines) is 1. The molecule has 7 heteroatoms. The highest BCUT2D eigenvalue weighted by Gasteiger charge is 2.55. The van der Waals surface area contributed by atoms with Gasteiger partial charge in [-0.05, 0) is 13.5 Å². The number of likely N-dealkylation sites (N-methyl/N-ethyl adjacent to an activating group) is 1. The fourth-order valence-corrected chi connectivity index (χ4v) is 2.59. The third-order valence-corrected chi connectivity index (χ3v) is 3.42. The lowest BCUT2D eigenvalue weighted by Crippen LogP contribution is -2.66. The Morgan fingerprint density at radius 3 is 3.19 bits per heavy atom. The minimum Gasteiger partial charge on any atom is -0.389 e. The van der Waals surface area contributed by atoms with Crippen molar-refractivity contribution < 1.29 is 5.11 Å². The van der Waals surface area contributed by atoms with Crippen LogP contribution in [0.2, 0.25) is 0 Å². The van der Waals surface area contributed by atoms with Gasteiger partial charge in [-0.25, -0.2) is 4.99 Å². The molecule has 1 spiro atoms. The van der Waals surface area contributed by atoms with Crippen molar-refractivity contribution >= 4 is 12.3 Å². The number of nitrogens with two attached hydrogens (primary N) is 1. The molecule has 0 aliphatic carbocycles. The zero-order valence-corrected chi connectivity index (χ0v) is 9.27. The molecule has 0 amide bonds. The Balaban J connectivity index is 2.22. The van der Waals surface area contributed by atoms with E-state index in [1.165, 1.54) is 0 Å². The van der Waals surface area contributed by atoms with Gasteiger partial charge in [0.25, 0.3) is 0 Å². The molecule has 2 rings (SSSR count). The van der Waals surface area contributed by atoms with Crippen LogP contribution in [0, 0.1) is 5.41 Å². The molecule has 6 N–H and O–H groups in total. The molecule has 2 aliphatic heterocycles. The zero-order chi connectivity index (χ0) is 11.8. The maximum atomic E-state index is 10.1. The van der Waals surface area contributed by atoms with E-state index < -0.39 is 11.8 Å². The van der Waals surface area contributed by atoms with E-state index in [1.54, 1.807) is 0 Å². The van der Waals surface area contributed by atoms with Crippen molar-refractivity contribution in [3.05, 3.63) is 0 Å². The van der Waals surface area contributed by atoms with Gasteiger partial charge in [-0.15, -0.1) is 0 Å². The van der Waals surface area contributed by atoms with Crippen molar-refractivity contribution in [2.24, 2.45) is 10.7 Å². The van der Waals surface area contributed by atoms with Crippen molar-refractivity contribution in [2.45, 2.75) is 24.2 Å². The summed E-state index contributed by atoms with van der Waals surface area (Å²) in [7, 11) is 1.94. The van der Waals surface area contributed by atoms with E-state index in [1.807, 2.05) is 11.9 Å². The Labute approximate surface area is 94.2 Å². The first kappa shape index (κ1) is 11.2. The maximum Gasteiger partial charge on any atom is 0.190 e. The molecule has 1 unspecified atom stereocenters. The van der Waals surface area contributed by atoms with Crippen LogP contribution in [0.3, 0.4) is 0 Å². The molecule has 0 saturated carbocycles. The number of rotatable bonds is 3. The highest BCUT2D eigenvalue weighted by atomic mass is 16.3. The first-order chi connectivity index (χ1) is 7.61.